The van der Waals surface area contributed by atoms with Gasteiger partial charge in [0, 0.05) is 19.1 Å². The van der Waals surface area contributed by atoms with E-state index in [9.17, 15) is 0 Å². The van der Waals surface area contributed by atoms with Crippen LogP contribution in [0.25, 0.3) is 0 Å². The molecule has 0 amide bonds. The fourth-order valence-electron chi connectivity index (χ4n) is 3.02. The largest absolute Gasteiger partial charge is 0.384 e. The van der Waals surface area contributed by atoms with Gasteiger partial charge in [0.25, 0.3) is 0 Å². The van der Waals surface area contributed by atoms with Crippen molar-refractivity contribution in [3.05, 3.63) is 0 Å². The van der Waals surface area contributed by atoms with E-state index in [1.54, 1.807) is 0 Å². The first kappa shape index (κ1) is 16.9. The molecule has 0 saturated carbocycles. The van der Waals surface area contributed by atoms with E-state index >= 15 is 0 Å². The second kappa shape index (κ2) is 10.6. The molecule has 0 spiro atoms. The van der Waals surface area contributed by atoms with Gasteiger partial charge < -0.3 is 15.4 Å². The normalized spacial score (nSPS) is 18.6. The van der Waals surface area contributed by atoms with Crippen LogP contribution in [-0.4, -0.2) is 39.9 Å². The summed E-state index contributed by atoms with van der Waals surface area (Å²) in [6.07, 6.45) is 10.7. The van der Waals surface area contributed by atoms with Crippen LogP contribution in [0.2, 0.25) is 0 Å². The summed E-state index contributed by atoms with van der Waals surface area (Å²) in [4.78, 5) is 0. The van der Waals surface area contributed by atoms with Crippen molar-refractivity contribution in [2.75, 3.05) is 39.9 Å². The Kier molecular flexibility index (Phi) is 9.48. The summed E-state index contributed by atoms with van der Waals surface area (Å²) in [7, 11) is 1.83. The third-order valence-corrected chi connectivity index (χ3v) is 4.32. The Morgan fingerprint density at radius 2 is 1.74 bits per heavy atom. The van der Waals surface area contributed by atoms with Gasteiger partial charge in [0.05, 0.1) is 6.61 Å². The van der Waals surface area contributed by atoms with Crippen LogP contribution in [0.5, 0.6) is 0 Å². The SMILES string of the molecule is CCCCCCCCNCC1(COC)CCNCC1. The van der Waals surface area contributed by atoms with Crippen LogP contribution in [0.15, 0.2) is 0 Å². The average molecular weight is 270 g/mol. The molecule has 0 radical (unpaired) electrons. The molecule has 114 valence electrons. The molecule has 1 saturated heterocycles. The summed E-state index contributed by atoms with van der Waals surface area (Å²) in [5.74, 6) is 0. The van der Waals surface area contributed by atoms with Gasteiger partial charge in [-0.1, -0.05) is 39.0 Å². The van der Waals surface area contributed by atoms with Gasteiger partial charge in [-0.2, -0.15) is 0 Å². The fourth-order valence-corrected chi connectivity index (χ4v) is 3.02. The summed E-state index contributed by atoms with van der Waals surface area (Å²) in [5.41, 5.74) is 0.377. The maximum atomic E-state index is 5.44. The molecule has 3 nitrogen and oxygen atoms in total. The lowest BCUT2D eigenvalue weighted by atomic mass is 9.79. The molecule has 1 rings (SSSR count). The first-order chi connectivity index (χ1) is 9.33. The van der Waals surface area contributed by atoms with Crippen molar-refractivity contribution in [3.8, 4) is 0 Å². The Morgan fingerprint density at radius 3 is 2.42 bits per heavy atom. The minimum Gasteiger partial charge on any atom is -0.384 e. The highest BCUT2D eigenvalue weighted by Crippen LogP contribution is 2.28. The predicted molar refractivity (Wildman–Crippen MR) is 82.7 cm³/mol. The van der Waals surface area contributed by atoms with E-state index in [0.717, 1.165) is 26.2 Å². The molecule has 19 heavy (non-hydrogen) atoms. The molecule has 0 aliphatic carbocycles. The number of hydrogen-bond acceptors (Lipinski definition) is 3. The highest BCUT2D eigenvalue weighted by molar-refractivity contribution is 4.86. The maximum absolute atomic E-state index is 5.44. The summed E-state index contributed by atoms with van der Waals surface area (Å²) >= 11 is 0. The van der Waals surface area contributed by atoms with E-state index in [-0.39, 0.29) is 0 Å². The van der Waals surface area contributed by atoms with Gasteiger partial charge in [0.1, 0.15) is 0 Å². The molecule has 1 aliphatic heterocycles. The summed E-state index contributed by atoms with van der Waals surface area (Å²) in [6.45, 7) is 7.75. The Balaban J connectivity index is 2.05. The Labute approximate surface area is 119 Å². The van der Waals surface area contributed by atoms with Crippen LogP contribution in [0.4, 0.5) is 0 Å². The van der Waals surface area contributed by atoms with E-state index in [0.29, 0.717) is 5.41 Å². The van der Waals surface area contributed by atoms with E-state index in [4.69, 9.17) is 4.74 Å². The van der Waals surface area contributed by atoms with Crippen LogP contribution < -0.4 is 10.6 Å². The minimum absolute atomic E-state index is 0.377. The van der Waals surface area contributed by atoms with Gasteiger partial charge in [-0.3, -0.25) is 0 Å². The lowest BCUT2D eigenvalue weighted by Crippen LogP contribution is -2.46. The first-order valence-electron chi connectivity index (χ1n) is 8.23. The van der Waals surface area contributed by atoms with Crippen LogP contribution >= 0.6 is 0 Å². The molecule has 0 aromatic carbocycles. The van der Waals surface area contributed by atoms with Crippen molar-refractivity contribution in [2.24, 2.45) is 5.41 Å². The molecule has 0 aromatic rings. The second-order valence-electron chi connectivity index (χ2n) is 6.13. The van der Waals surface area contributed by atoms with Gasteiger partial charge in [-0.05, 0) is 38.9 Å². The van der Waals surface area contributed by atoms with Crippen LogP contribution in [0.3, 0.4) is 0 Å². The van der Waals surface area contributed by atoms with Crippen molar-refractivity contribution < 1.29 is 4.74 Å². The molecule has 1 aliphatic rings. The van der Waals surface area contributed by atoms with Gasteiger partial charge in [-0.25, -0.2) is 0 Å². The Morgan fingerprint density at radius 1 is 1.05 bits per heavy atom. The number of piperidine rings is 1. The number of hydrogen-bond donors (Lipinski definition) is 2. The topological polar surface area (TPSA) is 33.3 Å². The highest BCUT2D eigenvalue weighted by Gasteiger charge is 2.31. The van der Waals surface area contributed by atoms with Crippen LogP contribution in [0, 0.1) is 5.41 Å². The lowest BCUT2D eigenvalue weighted by molar-refractivity contribution is 0.0537. The Bertz CT molecular complexity index is 197. The number of rotatable bonds is 11. The van der Waals surface area contributed by atoms with E-state index in [1.165, 1.54) is 57.9 Å². The molecule has 2 N–H and O–H groups in total. The zero-order valence-corrected chi connectivity index (χ0v) is 13.1. The Hall–Kier alpha value is -0.120. The van der Waals surface area contributed by atoms with E-state index in [2.05, 4.69) is 17.6 Å². The molecule has 0 bridgehead atoms. The number of ether oxygens (including phenoxy) is 1. The first-order valence-corrected chi connectivity index (χ1v) is 8.23. The van der Waals surface area contributed by atoms with Gasteiger partial charge in [0.2, 0.25) is 0 Å². The molecule has 0 aromatic heterocycles. The number of nitrogens with one attached hydrogen (secondary N) is 2. The molecular formula is C16H34N2O. The second-order valence-corrected chi connectivity index (χ2v) is 6.13. The van der Waals surface area contributed by atoms with Crippen molar-refractivity contribution in [3.63, 3.8) is 0 Å². The van der Waals surface area contributed by atoms with E-state index < -0.39 is 0 Å². The summed E-state index contributed by atoms with van der Waals surface area (Å²) in [5, 5.41) is 7.11. The van der Waals surface area contributed by atoms with Crippen molar-refractivity contribution in [2.45, 2.75) is 58.3 Å². The van der Waals surface area contributed by atoms with Crippen molar-refractivity contribution in [1.29, 1.82) is 0 Å². The molecular weight excluding hydrogens is 236 g/mol. The minimum atomic E-state index is 0.377. The average Bonchev–Trinajstić information content (AvgIpc) is 2.43. The summed E-state index contributed by atoms with van der Waals surface area (Å²) < 4.78 is 5.44. The lowest BCUT2D eigenvalue weighted by Gasteiger charge is -2.37. The standard InChI is InChI=1S/C16H34N2O/c1-3-4-5-6-7-8-11-18-14-16(15-19-2)9-12-17-13-10-16/h17-18H,3-15H2,1-2H3. The van der Waals surface area contributed by atoms with Gasteiger partial charge in [-0.15, -0.1) is 0 Å². The molecule has 1 heterocycles. The highest BCUT2D eigenvalue weighted by atomic mass is 16.5. The molecule has 3 heteroatoms. The third-order valence-electron chi connectivity index (χ3n) is 4.32. The monoisotopic (exact) mass is 270 g/mol. The fraction of sp³-hybridized carbons (Fsp3) is 1.00. The van der Waals surface area contributed by atoms with Crippen molar-refractivity contribution in [1.82, 2.24) is 10.6 Å². The van der Waals surface area contributed by atoms with E-state index in [1.807, 2.05) is 7.11 Å². The maximum Gasteiger partial charge on any atom is 0.0531 e. The zero-order valence-electron chi connectivity index (χ0n) is 13.1. The van der Waals surface area contributed by atoms with Gasteiger partial charge >= 0.3 is 0 Å². The predicted octanol–water partition coefficient (Wildman–Crippen LogP) is 2.95. The molecule has 1 fully saturated rings. The summed E-state index contributed by atoms with van der Waals surface area (Å²) in [6, 6.07) is 0. The number of methoxy groups -OCH3 is 1. The number of unbranched alkanes of at least 4 members (excludes halogenated alkanes) is 5. The van der Waals surface area contributed by atoms with Gasteiger partial charge in [0.15, 0.2) is 0 Å². The van der Waals surface area contributed by atoms with Crippen LogP contribution in [-0.2, 0) is 4.74 Å². The molecule has 0 unspecified atom stereocenters. The molecule has 0 atom stereocenters. The third kappa shape index (κ3) is 7.28. The van der Waals surface area contributed by atoms with Crippen LogP contribution in [0.1, 0.15) is 58.3 Å². The smallest absolute Gasteiger partial charge is 0.0531 e. The van der Waals surface area contributed by atoms with Crippen molar-refractivity contribution >= 4 is 0 Å². The zero-order chi connectivity index (χ0) is 13.8. The quantitative estimate of drug-likeness (QED) is 0.566.